The van der Waals surface area contributed by atoms with Crippen LogP contribution in [0.5, 0.6) is 0 Å². The maximum Gasteiger partial charge on any atom is 0.160 e. The van der Waals surface area contributed by atoms with Crippen molar-refractivity contribution in [1.29, 1.82) is 0 Å². The van der Waals surface area contributed by atoms with Crippen LogP contribution < -0.4 is 0 Å². The van der Waals surface area contributed by atoms with Crippen LogP contribution in [0.4, 0.5) is 0 Å². The van der Waals surface area contributed by atoms with Crippen LogP contribution in [0.1, 0.15) is 43.8 Å². The van der Waals surface area contributed by atoms with Crippen LogP contribution >= 0.6 is 27.5 Å². The van der Waals surface area contributed by atoms with Gasteiger partial charge in [0.1, 0.15) is 11.3 Å². The van der Waals surface area contributed by atoms with Crippen LogP contribution in [0, 0.1) is 0 Å². The Morgan fingerprint density at radius 3 is 3.10 bits per heavy atom. The molecular weight excluding hydrogens is 342 g/mol. The third-order valence-corrected chi connectivity index (χ3v) is 5.40. The molecule has 20 heavy (non-hydrogen) atoms. The summed E-state index contributed by atoms with van der Waals surface area (Å²) in [4.78, 5) is 11.6. The molecule has 1 aromatic heterocycles. The molecule has 0 radical (unpaired) electrons. The molecule has 6 heteroatoms. The third kappa shape index (κ3) is 2.86. The molecule has 0 aliphatic carbocycles. The van der Waals surface area contributed by atoms with Gasteiger partial charge in [-0.2, -0.15) is 0 Å². The number of morpholine rings is 1. The van der Waals surface area contributed by atoms with Gasteiger partial charge in [0.05, 0.1) is 16.8 Å². The maximum atomic E-state index is 6.22. The summed E-state index contributed by atoms with van der Waals surface area (Å²) < 4.78 is 6.78. The van der Waals surface area contributed by atoms with Crippen molar-refractivity contribution in [3.05, 3.63) is 21.1 Å². The van der Waals surface area contributed by atoms with Gasteiger partial charge in [0.15, 0.2) is 5.82 Å². The molecule has 0 bridgehead atoms. The molecule has 1 aromatic rings. The van der Waals surface area contributed by atoms with Gasteiger partial charge in [0.2, 0.25) is 0 Å². The number of fused-ring (bicyclic) bond motifs is 1. The molecule has 2 atom stereocenters. The highest BCUT2D eigenvalue weighted by atomic mass is 79.9. The second-order valence-corrected chi connectivity index (χ2v) is 6.65. The zero-order chi connectivity index (χ0) is 14.1. The minimum absolute atomic E-state index is 0.0504. The number of rotatable bonds is 3. The lowest BCUT2D eigenvalue weighted by Gasteiger charge is -2.34. The molecule has 0 N–H and O–H groups in total. The van der Waals surface area contributed by atoms with Gasteiger partial charge in [-0.3, -0.25) is 4.90 Å². The predicted octanol–water partition coefficient (Wildman–Crippen LogP) is 3.38. The molecule has 0 saturated carbocycles. The Balaban J connectivity index is 1.82. The standard InChI is InChI=1S/C14H19BrClN3O/c1-2-4-10-12(15)13(16)18-14(17-10)11-7-19-6-3-5-9(19)8-20-11/h9,11H,2-8H2,1H3. The molecule has 2 unspecified atom stereocenters. The average Bonchev–Trinajstić information content (AvgIpc) is 2.91. The highest BCUT2D eigenvalue weighted by Crippen LogP contribution is 2.31. The van der Waals surface area contributed by atoms with E-state index in [9.17, 15) is 0 Å². The quantitative estimate of drug-likeness (QED) is 0.775. The summed E-state index contributed by atoms with van der Waals surface area (Å²) in [5.41, 5.74) is 0.981. The highest BCUT2D eigenvalue weighted by Gasteiger charge is 2.34. The summed E-state index contributed by atoms with van der Waals surface area (Å²) in [5.74, 6) is 0.729. The van der Waals surface area contributed by atoms with Crippen LogP contribution in [-0.2, 0) is 11.2 Å². The van der Waals surface area contributed by atoms with Crippen LogP contribution in [0.15, 0.2) is 4.47 Å². The molecule has 3 heterocycles. The minimum atomic E-state index is -0.0504. The lowest BCUT2D eigenvalue weighted by Crippen LogP contribution is -2.42. The normalized spacial score (nSPS) is 26.8. The molecule has 2 saturated heterocycles. The van der Waals surface area contributed by atoms with E-state index < -0.39 is 0 Å². The van der Waals surface area contributed by atoms with Gasteiger partial charge in [-0.25, -0.2) is 9.97 Å². The van der Waals surface area contributed by atoms with E-state index in [0.29, 0.717) is 11.2 Å². The van der Waals surface area contributed by atoms with Crippen molar-refractivity contribution >= 4 is 27.5 Å². The zero-order valence-corrected chi connectivity index (χ0v) is 14.0. The molecule has 0 spiro atoms. The van der Waals surface area contributed by atoms with E-state index in [2.05, 4.69) is 37.7 Å². The summed E-state index contributed by atoms with van der Waals surface area (Å²) in [5, 5.41) is 0.491. The largest absolute Gasteiger partial charge is 0.367 e. The van der Waals surface area contributed by atoms with E-state index in [0.717, 1.165) is 48.5 Å². The molecule has 0 aromatic carbocycles. The smallest absolute Gasteiger partial charge is 0.160 e. The predicted molar refractivity (Wildman–Crippen MR) is 82.0 cm³/mol. The molecule has 2 fully saturated rings. The first-order valence-corrected chi connectivity index (χ1v) is 8.43. The molecule has 2 aliphatic heterocycles. The molecule has 3 rings (SSSR count). The van der Waals surface area contributed by atoms with Gasteiger partial charge < -0.3 is 4.74 Å². The molecule has 2 aliphatic rings. The summed E-state index contributed by atoms with van der Waals surface area (Å²) >= 11 is 9.69. The third-order valence-electron chi connectivity index (χ3n) is 4.06. The topological polar surface area (TPSA) is 38.2 Å². The second kappa shape index (κ2) is 6.26. The Morgan fingerprint density at radius 1 is 1.45 bits per heavy atom. The van der Waals surface area contributed by atoms with Gasteiger partial charge in [-0.1, -0.05) is 24.9 Å². The van der Waals surface area contributed by atoms with Crippen molar-refractivity contribution in [2.45, 2.75) is 44.8 Å². The van der Waals surface area contributed by atoms with Crippen LogP contribution in [0.25, 0.3) is 0 Å². The van der Waals surface area contributed by atoms with Crippen LogP contribution in [-0.4, -0.2) is 40.6 Å². The number of nitrogens with zero attached hydrogens (tertiary/aromatic N) is 3. The van der Waals surface area contributed by atoms with Crippen molar-refractivity contribution < 1.29 is 4.74 Å². The lowest BCUT2D eigenvalue weighted by atomic mass is 10.1. The fraction of sp³-hybridized carbons (Fsp3) is 0.714. The van der Waals surface area contributed by atoms with E-state index in [4.69, 9.17) is 16.3 Å². The first-order valence-electron chi connectivity index (χ1n) is 7.26. The van der Waals surface area contributed by atoms with Crippen molar-refractivity contribution in [1.82, 2.24) is 14.9 Å². The fourth-order valence-corrected chi connectivity index (χ4v) is 3.57. The van der Waals surface area contributed by atoms with Gasteiger partial charge in [0, 0.05) is 12.6 Å². The number of ether oxygens (including phenoxy) is 1. The van der Waals surface area contributed by atoms with E-state index in [1.165, 1.54) is 12.8 Å². The summed E-state index contributed by atoms with van der Waals surface area (Å²) in [6, 6.07) is 0.590. The lowest BCUT2D eigenvalue weighted by molar-refractivity contribution is -0.0542. The monoisotopic (exact) mass is 359 g/mol. The summed E-state index contributed by atoms with van der Waals surface area (Å²) in [6.45, 7) is 4.96. The Labute approximate surface area is 133 Å². The fourth-order valence-electron chi connectivity index (χ4n) is 3.00. The summed E-state index contributed by atoms with van der Waals surface area (Å²) in [6.07, 6.45) is 4.39. The Bertz CT molecular complexity index is 500. The van der Waals surface area contributed by atoms with E-state index >= 15 is 0 Å². The Morgan fingerprint density at radius 2 is 2.30 bits per heavy atom. The van der Waals surface area contributed by atoms with E-state index in [-0.39, 0.29) is 6.10 Å². The van der Waals surface area contributed by atoms with Gasteiger partial charge in [-0.05, 0) is 41.7 Å². The SMILES string of the molecule is CCCc1nc(C2CN3CCCC3CO2)nc(Cl)c1Br. The van der Waals surface area contributed by atoms with Crippen molar-refractivity contribution in [3.8, 4) is 0 Å². The Kier molecular flexibility index (Phi) is 4.60. The van der Waals surface area contributed by atoms with Gasteiger partial charge >= 0.3 is 0 Å². The van der Waals surface area contributed by atoms with Crippen LogP contribution in [0.3, 0.4) is 0 Å². The number of aryl methyl sites for hydroxylation is 1. The van der Waals surface area contributed by atoms with Crippen molar-refractivity contribution in [2.75, 3.05) is 19.7 Å². The first kappa shape index (κ1) is 14.7. The number of aromatic nitrogens is 2. The highest BCUT2D eigenvalue weighted by molar-refractivity contribution is 9.10. The van der Waals surface area contributed by atoms with E-state index in [1.807, 2.05) is 0 Å². The van der Waals surface area contributed by atoms with Crippen molar-refractivity contribution in [3.63, 3.8) is 0 Å². The summed E-state index contributed by atoms with van der Waals surface area (Å²) in [7, 11) is 0. The minimum Gasteiger partial charge on any atom is -0.367 e. The maximum absolute atomic E-state index is 6.22. The average molecular weight is 361 g/mol. The molecule has 110 valence electrons. The van der Waals surface area contributed by atoms with E-state index in [1.54, 1.807) is 0 Å². The second-order valence-electron chi connectivity index (χ2n) is 5.50. The molecular formula is C14H19BrClN3O. The number of hydrogen-bond acceptors (Lipinski definition) is 4. The van der Waals surface area contributed by atoms with Gasteiger partial charge in [0.25, 0.3) is 0 Å². The number of halogens is 2. The number of hydrogen-bond donors (Lipinski definition) is 0. The Hall–Kier alpha value is -0.230. The molecule has 0 amide bonds. The molecule has 4 nitrogen and oxygen atoms in total. The van der Waals surface area contributed by atoms with Gasteiger partial charge in [-0.15, -0.1) is 0 Å². The van der Waals surface area contributed by atoms with Crippen molar-refractivity contribution in [2.24, 2.45) is 0 Å². The van der Waals surface area contributed by atoms with Crippen LogP contribution in [0.2, 0.25) is 5.15 Å². The zero-order valence-electron chi connectivity index (χ0n) is 11.6. The first-order chi connectivity index (χ1) is 9.69.